The van der Waals surface area contributed by atoms with Crippen molar-refractivity contribution in [1.82, 2.24) is 0 Å². The zero-order valence-corrected chi connectivity index (χ0v) is 13.8. The van der Waals surface area contributed by atoms with E-state index in [0.717, 1.165) is 25.7 Å². The van der Waals surface area contributed by atoms with E-state index in [9.17, 15) is 0 Å². The summed E-state index contributed by atoms with van der Waals surface area (Å²) in [4.78, 5) is 0. The maximum atomic E-state index is 3.60. The van der Waals surface area contributed by atoms with Crippen LogP contribution in [0.4, 0.5) is 0 Å². The van der Waals surface area contributed by atoms with Crippen LogP contribution in [0.1, 0.15) is 79.1 Å². The van der Waals surface area contributed by atoms with Gasteiger partial charge in [-0.1, -0.05) is 53.4 Å². The number of rotatable bonds is 4. The van der Waals surface area contributed by atoms with Crippen molar-refractivity contribution < 1.29 is 16.5 Å². The third-order valence-electron chi connectivity index (χ3n) is 1.41. The van der Waals surface area contributed by atoms with E-state index in [2.05, 4.69) is 55.4 Å². The number of hydrogen-bond donors (Lipinski definition) is 0. The average Bonchev–Trinajstić information content (AvgIpc) is 2.39. The summed E-state index contributed by atoms with van der Waals surface area (Å²) in [6.07, 6.45) is 9.11. The van der Waals surface area contributed by atoms with Crippen molar-refractivity contribution in [2.45, 2.75) is 79.1 Å². The molecule has 1 heteroatoms. The molecule has 0 nitrogen and oxygen atoms in total. The molecule has 0 heterocycles. The van der Waals surface area contributed by atoms with E-state index in [1.54, 1.807) is 0 Å². The molecule has 0 aliphatic heterocycles. The first-order valence-corrected chi connectivity index (χ1v) is 6.83. The van der Waals surface area contributed by atoms with Crippen molar-refractivity contribution in [3.8, 4) is 0 Å². The van der Waals surface area contributed by atoms with Gasteiger partial charge in [-0.15, -0.1) is 0 Å². The van der Waals surface area contributed by atoms with Crippen LogP contribution in [-0.4, -0.2) is 0 Å². The van der Waals surface area contributed by atoms with Crippen molar-refractivity contribution in [2.24, 2.45) is 0 Å². The molecular weight excluding hydrogens is 251 g/mol. The quantitative estimate of drug-likeness (QED) is 0.410. The fourth-order valence-electron chi connectivity index (χ4n) is 0. The van der Waals surface area contributed by atoms with Gasteiger partial charge in [0.25, 0.3) is 0 Å². The predicted molar refractivity (Wildman–Crippen MR) is 81.1 cm³/mol. The summed E-state index contributed by atoms with van der Waals surface area (Å²) in [5.74, 6) is 0. The molecule has 0 spiro atoms. The number of hydrogen-bond acceptors (Lipinski definition) is 0. The van der Waals surface area contributed by atoms with Gasteiger partial charge in [0.15, 0.2) is 0 Å². The van der Waals surface area contributed by atoms with Gasteiger partial charge in [-0.3, -0.25) is 0 Å². The summed E-state index contributed by atoms with van der Waals surface area (Å²) in [7, 11) is 0. The Hall–Kier alpha value is 0.494. The Bertz CT molecular complexity index is 29.5. The third kappa shape index (κ3) is 172. The molecule has 0 atom stereocenters. The summed E-state index contributed by atoms with van der Waals surface area (Å²) in [6.45, 7) is 22.9. The summed E-state index contributed by atoms with van der Waals surface area (Å²) in [5, 5.41) is 0. The van der Waals surface area contributed by atoms with Gasteiger partial charge in [-0.25, -0.2) is 0 Å². The molecular formula is C16H36Ni-4. The Morgan fingerprint density at radius 1 is 0.471 bits per heavy atom. The average molecular weight is 287 g/mol. The van der Waals surface area contributed by atoms with Crippen molar-refractivity contribution >= 4 is 0 Å². The van der Waals surface area contributed by atoms with Gasteiger partial charge in [0.1, 0.15) is 0 Å². The Balaban J connectivity index is -0.0000000369. The molecule has 0 aliphatic carbocycles. The summed E-state index contributed by atoms with van der Waals surface area (Å²) in [5.41, 5.74) is 0. The molecule has 0 unspecified atom stereocenters. The van der Waals surface area contributed by atoms with Crippen molar-refractivity contribution in [3.63, 3.8) is 0 Å². The van der Waals surface area contributed by atoms with E-state index >= 15 is 0 Å². The first-order chi connectivity index (χ1) is 7.66. The topological polar surface area (TPSA) is 0 Å². The molecule has 0 radical (unpaired) electrons. The van der Waals surface area contributed by atoms with Crippen LogP contribution in [0.2, 0.25) is 0 Å². The first-order valence-electron chi connectivity index (χ1n) is 6.83. The number of unbranched alkanes of at least 4 members (excludes halogenated alkanes) is 4. The van der Waals surface area contributed by atoms with Crippen molar-refractivity contribution in [3.05, 3.63) is 27.7 Å². The molecule has 0 rings (SSSR count). The van der Waals surface area contributed by atoms with Crippen LogP contribution < -0.4 is 0 Å². The van der Waals surface area contributed by atoms with Crippen LogP contribution in [0.5, 0.6) is 0 Å². The molecule has 0 saturated heterocycles. The second-order valence-electron chi connectivity index (χ2n) is 3.41. The van der Waals surface area contributed by atoms with E-state index in [-0.39, 0.29) is 16.5 Å². The fourth-order valence-corrected chi connectivity index (χ4v) is 0. The van der Waals surface area contributed by atoms with E-state index in [1.165, 1.54) is 25.7 Å². The van der Waals surface area contributed by atoms with E-state index in [1.807, 2.05) is 0 Å². The van der Waals surface area contributed by atoms with Crippen LogP contribution in [0.15, 0.2) is 0 Å². The Kier molecular flexibility index (Phi) is 98.4. The van der Waals surface area contributed by atoms with Gasteiger partial charge in [-0.05, 0) is 0 Å². The Morgan fingerprint density at radius 3 is 0.529 bits per heavy atom. The Labute approximate surface area is 123 Å². The normalized spacial score (nSPS) is 7.06. The molecule has 0 saturated carbocycles. The maximum absolute atomic E-state index is 3.60. The van der Waals surface area contributed by atoms with Gasteiger partial charge in [0.2, 0.25) is 0 Å². The van der Waals surface area contributed by atoms with Crippen LogP contribution >= 0.6 is 0 Å². The molecule has 0 aromatic rings. The summed E-state index contributed by atoms with van der Waals surface area (Å²) >= 11 is 0. The van der Waals surface area contributed by atoms with Crippen molar-refractivity contribution in [1.29, 1.82) is 0 Å². The minimum absolute atomic E-state index is 0. The summed E-state index contributed by atoms with van der Waals surface area (Å²) in [6, 6.07) is 0. The fraction of sp³-hybridized carbons (Fsp3) is 0.750. The minimum atomic E-state index is 0. The van der Waals surface area contributed by atoms with Crippen molar-refractivity contribution in [2.75, 3.05) is 0 Å². The molecule has 0 aliphatic rings. The first kappa shape index (κ1) is 30.5. The zero-order chi connectivity index (χ0) is 13.7. The van der Waals surface area contributed by atoms with Gasteiger partial charge in [-0.2, -0.15) is 25.7 Å². The van der Waals surface area contributed by atoms with Gasteiger partial charge < -0.3 is 27.7 Å². The van der Waals surface area contributed by atoms with Crippen LogP contribution in [-0.2, 0) is 16.5 Å². The largest absolute Gasteiger partial charge is 0.343 e. The maximum Gasteiger partial charge on any atom is 0 e. The molecule has 0 fully saturated rings. The van der Waals surface area contributed by atoms with Crippen LogP contribution in [0.3, 0.4) is 0 Å². The molecule has 0 aromatic heterocycles. The van der Waals surface area contributed by atoms with E-state index in [4.69, 9.17) is 0 Å². The predicted octanol–water partition coefficient (Wildman–Crippen LogP) is 6.48. The van der Waals surface area contributed by atoms with Crippen LogP contribution in [0.25, 0.3) is 0 Å². The van der Waals surface area contributed by atoms with E-state index in [0.29, 0.717) is 0 Å². The van der Waals surface area contributed by atoms with E-state index < -0.39 is 0 Å². The Morgan fingerprint density at radius 2 is 0.529 bits per heavy atom. The second-order valence-corrected chi connectivity index (χ2v) is 3.41. The monoisotopic (exact) mass is 286 g/mol. The zero-order valence-electron chi connectivity index (χ0n) is 12.8. The second kappa shape index (κ2) is 54.9. The molecule has 0 aromatic carbocycles. The van der Waals surface area contributed by atoms with Gasteiger partial charge in [0.05, 0.1) is 0 Å². The molecule has 17 heavy (non-hydrogen) atoms. The third-order valence-corrected chi connectivity index (χ3v) is 1.41. The van der Waals surface area contributed by atoms with Gasteiger partial charge >= 0.3 is 0 Å². The molecule has 0 bridgehead atoms. The summed E-state index contributed by atoms with van der Waals surface area (Å²) < 4.78 is 0. The molecule has 114 valence electrons. The standard InChI is InChI=1S/4C4H9.Ni/c4*1-3-4-2;/h4*1,3-4H2,2H3;/q4*-1;. The molecule has 0 N–H and O–H groups in total. The molecule has 0 amide bonds. The van der Waals surface area contributed by atoms with Gasteiger partial charge in [0, 0.05) is 16.5 Å². The SMILES string of the molecule is [CH2-]CCC.[CH2-]CCC.[CH2-]CCC.[CH2-]CCC.[Ni]. The smallest absolute Gasteiger partial charge is 0 e. The minimum Gasteiger partial charge on any atom is -0.343 e. The van der Waals surface area contributed by atoms with Crippen LogP contribution in [0, 0.1) is 27.7 Å².